The van der Waals surface area contributed by atoms with Gasteiger partial charge in [0.1, 0.15) is 0 Å². The number of hydrogen-bond donors (Lipinski definition) is 0. The van der Waals surface area contributed by atoms with Crippen molar-refractivity contribution in [2.75, 3.05) is 0 Å². The molecule has 0 fully saturated rings. The SMILES string of the molecule is O=[N+]([O-])c1cccc(C=NOCl)c1. The van der Waals surface area contributed by atoms with Crippen molar-refractivity contribution < 1.29 is 9.31 Å². The summed E-state index contributed by atoms with van der Waals surface area (Å²) >= 11 is 4.82. The Hall–Kier alpha value is -1.62. The monoisotopic (exact) mass is 200 g/mol. The molecule has 68 valence electrons. The lowest BCUT2D eigenvalue weighted by atomic mass is 10.2. The van der Waals surface area contributed by atoms with Gasteiger partial charge in [-0.15, -0.1) is 0 Å². The fourth-order valence-corrected chi connectivity index (χ4v) is 0.839. The molecule has 1 aromatic rings. The van der Waals surface area contributed by atoms with E-state index in [0.29, 0.717) is 5.56 Å². The van der Waals surface area contributed by atoms with Crippen LogP contribution in [0.4, 0.5) is 5.69 Å². The Bertz CT molecular complexity index is 340. The Morgan fingerprint density at radius 3 is 3.00 bits per heavy atom. The van der Waals surface area contributed by atoms with Crippen LogP contribution in [0.15, 0.2) is 29.4 Å². The van der Waals surface area contributed by atoms with Gasteiger partial charge in [-0.05, 0) is 0 Å². The molecule has 0 amide bonds. The van der Waals surface area contributed by atoms with Crippen LogP contribution in [0.1, 0.15) is 5.56 Å². The van der Waals surface area contributed by atoms with Crippen LogP contribution in [-0.4, -0.2) is 11.1 Å². The molecular weight excluding hydrogens is 196 g/mol. The molecule has 0 N–H and O–H groups in total. The lowest BCUT2D eigenvalue weighted by molar-refractivity contribution is -0.384. The number of rotatable bonds is 3. The summed E-state index contributed by atoms with van der Waals surface area (Å²) in [6, 6.07) is 5.94. The molecule has 13 heavy (non-hydrogen) atoms. The number of nitrogens with zero attached hydrogens (tertiary/aromatic N) is 2. The lowest BCUT2D eigenvalue weighted by Crippen LogP contribution is -1.89. The van der Waals surface area contributed by atoms with Gasteiger partial charge in [-0.1, -0.05) is 17.3 Å². The van der Waals surface area contributed by atoms with Gasteiger partial charge in [0.05, 0.1) is 11.1 Å². The van der Waals surface area contributed by atoms with Crippen LogP contribution in [0.5, 0.6) is 0 Å². The quantitative estimate of drug-likeness (QED) is 0.426. The molecule has 0 spiro atoms. The molecular formula is C7H5ClN2O3. The van der Waals surface area contributed by atoms with E-state index in [1.54, 1.807) is 12.1 Å². The second kappa shape index (κ2) is 4.42. The fourth-order valence-electron chi connectivity index (χ4n) is 0.799. The summed E-state index contributed by atoms with van der Waals surface area (Å²) < 4.78 is 3.92. The van der Waals surface area contributed by atoms with Gasteiger partial charge in [-0.25, -0.2) is 0 Å². The van der Waals surface area contributed by atoms with Crippen molar-refractivity contribution in [2.24, 2.45) is 5.16 Å². The van der Waals surface area contributed by atoms with E-state index >= 15 is 0 Å². The minimum absolute atomic E-state index is 0.00137. The molecule has 0 aliphatic carbocycles. The van der Waals surface area contributed by atoms with Crippen molar-refractivity contribution >= 4 is 23.8 Å². The molecule has 0 atom stereocenters. The topological polar surface area (TPSA) is 64.7 Å². The highest BCUT2D eigenvalue weighted by molar-refractivity contribution is 6.07. The molecule has 0 radical (unpaired) electrons. The fraction of sp³-hybridized carbons (Fsp3) is 0. The molecule has 0 saturated heterocycles. The van der Waals surface area contributed by atoms with E-state index in [1.165, 1.54) is 18.3 Å². The van der Waals surface area contributed by atoms with Gasteiger partial charge < -0.3 is 0 Å². The number of oxime groups is 1. The molecule has 0 aromatic heterocycles. The summed E-state index contributed by atoms with van der Waals surface area (Å²) in [4.78, 5) is 9.84. The number of halogens is 1. The first-order valence-electron chi connectivity index (χ1n) is 3.29. The molecule has 0 heterocycles. The first-order valence-corrected chi connectivity index (χ1v) is 3.60. The van der Waals surface area contributed by atoms with Crippen molar-refractivity contribution in [1.82, 2.24) is 0 Å². The van der Waals surface area contributed by atoms with Crippen LogP contribution < -0.4 is 0 Å². The van der Waals surface area contributed by atoms with Gasteiger partial charge >= 0.3 is 0 Å². The van der Waals surface area contributed by atoms with E-state index in [9.17, 15) is 10.1 Å². The summed E-state index contributed by atoms with van der Waals surface area (Å²) in [5.41, 5.74) is 0.549. The third-order valence-electron chi connectivity index (χ3n) is 1.32. The minimum Gasteiger partial charge on any atom is -0.277 e. The zero-order valence-electron chi connectivity index (χ0n) is 6.38. The van der Waals surface area contributed by atoms with Crippen LogP contribution in [0, 0.1) is 10.1 Å². The first-order chi connectivity index (χ1) is 6.24. The molecule has 5 nitrogen and oxygen atoms in total. The zero-order chi connectivity index (χ0) is 9.68. The molecule has 1 rings (SSSR count). The predicted molar refractivity (Wildman–Crippen MR) is 47.6 cm³/mol. The highest BCUT2D eigenvalue weighted by atomic mass is 35.5. The van der Waals surface area contributed by atoms with Crippen molar-refractivity contribution in [3.63, 3.8) is 0 Å². The maximum absolute atomic E-state index is 10.3. The summed E-state index contributed by atoms with van der Waals surface area (Å²) in [6.45, 7) is 0. The van der Waals surface area contributed by atoms with Crippen LogP contribution >= 0.6 is 11.9 Å². The largest absolute Gasteiger partial charge is 0.277 e. The second-order valence-corrected chi connectivity index (χ2v) is 2.29. The van der Waals surface area contributed by atoms with E-state index in [0.717, 1.165) is 0 Å². The van der Waals surface area contributed by atoms with Crippen LogP contribution in [0.25, 0.3) is 0 Å². The van der Waals surface area contributed by atoms with E-state index in [-0.39, 0.29) is 5.69 Å². The first kappa shape index (κ1) is 9.47. The number of nitro benzene ring substituents is 1. The molecule has 0 unspecified atom stereocenters. The summed E-state index contributed by atoms with van der Waals surface area (Å²) in [5.74, 6) is 0. The molecule has 1 aromatic carbocycles. The normalized spacial score (nSPS) is 10.2. The highest BCUT2D eigenvalue weighted by Crippen LogP contribution is 2.11. The third kappa shape index (κ3) is 2.72. The number of benzene rings is 1. The third-order valence-corrected chi connectivity index (χ3v) is 1.40. The maximum Gasteiger partial charge on any atom is 0.270 e. The number of non-ortho nitro benzene ring substituents is 1. The molecule has 6 heteroatoms. The number of nitro groups is 1. The van der Waals surface area contributed by atoms with Gasteiger partial charge in [0.15, 0.2) is 11.9 Å². The molecule has 0 bridgehead atoms. The van der Waals surface area contributed by atoms with E-state index in [1.807, 2.05) is 0 Å². The predicted octanol–water partition coefficient (Wildman–Crippen LogP) is 2.10. The van der Waals surface area contributed by atoms with E-state index < -0.39 is 4.92 Å². The Labute approximate surface area is 78.9 Å². The molecule has 0 saturated carbocycles. The van der Waals surface area contributed by atoms with Gasteiger partial charge in [-0.2, -0.15) is 0 Å². The maximum atomic E-state index is 10.3. The van der Waals surface area contributed by atoms with Crippen molar-refractivity contribution in [2.45, 2.75) is 0 Å². The van der Waals surface area contributed by atoms with E-state index in [2.05, 4.69) is 9.55 Å². The summed E-state index contributed by atoms with van der Waals surface area (Å²) in [7, 11) is 0. The Morgan fingerprint density at radius 1 is 1.62 bits per heavy atom. The zero-order valence-corrected chi connectivity index (χ0v) is 7.14. The lowest BCUT2D eigenvalue weighted by Gasteiger charge is -1.92. The average Bonchev–Trinajstić information content (AvgIpc) is 2.15. The Morgan fingerprint density at radius 2 is 2.38 bits per heavy atom. The Balaban J connectivity index is 2.92. The smallest absolute Gasteiger partial charge is 0.270 e. The van der Waals surface area contributed by atoms with Crippen molar-refractivity contribution in [1.29, 1.82) is 0 Å². The highest BCUT2D eigenvalue weighted by Gasteiger charge is 2.03. The summed E-state index contributed by atoms with van der Waals surface area (Å²) in [6.07, 6.45) is 1.28. The van der Waals surface area contributed by atoms with Crippen LogP contribution in [-0.2, 0) is 4.39 Å². The van der Waals surface area contributed by atoms with Gasteiger partial charge in [-0.3, -0.25) is 14.5 Å². The minimum atomic E-state index is -0.487. The van der Waals surface area contributed by atoms with Gasteiger partial charge in [0.2, 0.25) is 0 Å². The average molecular weight is 201 g/mol. The van der Waals surface area contributed by atoms with Crippen molar-refractivity contribution in [3.8, 4) is 0 Å². The van der Waals surface area contributed by atoms with E-state index in [4.69, 9.17) is 11.9 Å². The van der Waals surface area contributed by atoms with Crippen LogP contribution in [0.2, 0.25) is 0 Å². The molecule has 0 aliphatic heterocycles. The standard InChI is InChI=1S/C7H5ClN2O3/c8-13-9-5-6-2-1-3-7(4-6)10(11)12/h1-5H. The van der Waals surface area contributed by atoms with Gasteiger partial charge in [0.25, 0.3) is 5.69 Å². The number of hydrogen-bond acceptors (Lipinski definition) is 4. The van der Waals surface area contributed by atoms with Gasteiger partial charge in [0, 0.05) is 17.7 Å². The molecule has 0 aliphatic rings. The summed E-state index contributed by atoms with van der Waals surface area (Å²) in [5, 5.41) is 13.6. The van der Waals surface area contributed by atoms with Crippen LogP contribution in [0.3, 0.4) is 0 Å². The second-order valence-electron chi connectivity index (χ2n) is 2.16. The Kier molecular flexibility index (Phi) is 3.22. The van der Waals surface area contributed by atoms with Crippen molar-refractivity contribution in [3.05, 3.63) is 39.9 Å².